The van der Waals surface area contributed by atoms with Gasteiger partial charge in [-0.15, -0.1) is 0 Å². The molecule has 118 valence electrons. The molecule has 2 heterocycles. The van der Waals surface area contributed by atoms with Gasteiger partial charge in [0.2, 0.25) is 0 Å². The van der Waals surface area contributed by atoms with Crippen LogP contribution in [0.15, 0.2) is 23.0 Å². The molecule has 2 N–H and O–H groups in total. The lowest BCUT2D eigenvalue weighted by molar-refractivity contribution is 0.0685. The molecule has 0 radical (unpaired) electrons. The predicted octanol–water partition coefficient (Wildman–Crippen LogP) is 1.88. The molecule has 0 bridgehead atoms. The van der Waals surface area contributed by atoms with Crippen LogP contribution in [0.25, 0.3) is 0 Å². The van der Waals surface area contributed by atoms with E-state index in [2.05, 4.69) is 19.2 Å². The van der Waals surface area contributed by atoms with Gasteiger partial charge in [0.1, 0.15) is 6.26 Å². The Hall–Kier alpha value is -1.33. The van der Waals surface area contributed by atoms with Crippen LogP contribution in [0.3, 0.4) is 0 Å². The number of carbonyl (C=O) groups excluding carboxylic acids is 1. The maximum Gasteiger partial charge on any atom is 0.257 e. The van der Waals surface area contributed by atoms with Gasteiger partial charge in [-0.3, -0.25) is 4.79 Å². The van der Waals surface area contributed by atoms with E-state index in [-0.39, 0.29) is 12.0 Å². The SMILES string of the molecule is CCC(C)C(O)CNC1CCN(C(=O)c2ccoc2)CC1. The predicted molar refractivity (Wildman–Crippen MR) is 81.1 cm³/mol. The Morgan fingerprint density at radius 2 is 2.24 bits per heavy atom. The molecule has 2 unspecified atom stereocenters. The molecule has 0 spiro atoms. The summed E-state index contributed by atoms with van der Waals surface area (Å²) in [5.41, 5.74) is 0.619. The van der Waals surface area contributed by atoms with Gasteiger partial charge in [-0.05, 0) is 24.8 Å². The first kappa shape index (κ1) is 16.0. The van der Waals surface area contributed by atoms with Gasteiger partial charge < -0.3 is 19.7 Å². The largest absolute Gasteiger partial charge is 0.472 e. The summed E-state index contributed by atoms with van der Waals surface area (Å²) in [5, 5.41) is 13.4. The van der Waals surface area contributed by atoms with E-state index in [4.69, 9.17) is 4.42 Å². The number of carbonyl (C=O) groups is 1. The Balaban J connectivity index is 1.72. The average Bonchev–Trinajstić information content (AvgIpc) is 3.06. The Kier molecular flexibility index (Phi) is 5.82. The van der Waals surface area contributed by atoms with Gasteiger partial charge in [0.15, 0.2) is 0 Å². The van der Waals surface area contributed by atoms with Crippen molar-refractivity contribution < 1.29 is 14.3 Å². The van der Waals surface area contributed by atoms with Gasteiger partial charge in [0.25, 0.3) is 5.91 Å². The van der Waals surface area contributed by atoms with Crippen LogP contribution in [0.1, 0.15) is 43.5 Å². The standard InChI is InChI=1S/C16H26N2O3/c1-3-12(2)15(19)10-17-14-4-7-18(8-5-14)16(20)13-6-9-21-11-13/h6,9,11-12,14-15,17,19H,3-5,7-8,10H2,1-2H3. The van der Waals surface area contributed by atoms with Crippen LogP contribution in [-0.2, 0) is 0 Å². The monoisotopic (exact) mass is 294 g/mol. The Morgan fingerprint density at radius 1 is 1.52 bits per heavy atom. The van der Waals surface area contributed by atoms with E-state index in [1.54, 1.807) is 6.07 Å². The molecule has 0 aromatic carbocycles. The molecule has 2 rings (SSSR count). The number of amides is 1. The molecular formula is C16H26N2O3. The third-order valence-corrected chi connectivity index (χ3v) is 4.47. The third-order valence-electron chi connectivity index (χ3n) is 4.47. The molecule has 1 aliphatic heterocycles. The van der Waals surface area contributed by atoms with Crippen molar-refractivity contribution in [3.8, 4) is 0 Å². The molecule has 1 aromatic rings. The Morgan fingerprint density at radius 3 is 2.81 bits per heavy atom. The number of hydrogen-bond donors (Lipinski definition) is 2. The Bertz CT molecular complexity index is 425. The van der Waals surface area contributed by atoms with Crippen LogP contribution < -0.4 is 5.32 Å². The number of nitrogens with one attached hydrogen (secondary N) is 1. The smallest absolute Gasteiger partial charge is 0.257 e. The summed E-state index contributed by atoms with van der Waals surface area (Å²) >= 11 is 0. The lowest BCUT2D eigenvalue weighted by Crippen LogP contribution is -2.47. The van der Waals surface area contributed by atoms with Crippen LogP contribution in [0.5, 0.6) is 0 Å². The number of aliphatic hydroxyl groups excluding tert-OH is 1. The molecule has 1 saturated heterocycles. The van der Waals surface area contributed by atoms with Gasteiger partial charge in [0.05, 0.1) is 17.9 Å². The number of furan rings is 1. The number of nitrogens with zero attached hydrogens (tertiary/aromatic N) is 1. The average molecular weight is 294 g/mol. The maximum atomic E-state index is 12.2. The van der Waals surface area contributed by atoms with Gasteiger partial charge in [0, 0.05) is 25.7 Å². The minimum absolute atomic E-state index is 0.0434. The highest BCUT2D eigenvalue weighted by atomic mass is 16.3. The highest BCUT2D eigenvalue weighted by molar-refractivity contribution is 5.93. The molecule has 0 aliphatic carbocycles. The molecule has 2 atom stereocenters. The van der Waals surface area contributed by atoms with E-state index in [1.165, 1.54) is 12.5 Å². The number of piperidine rings is 1. The molecule has 1 fully saturated rings. The number of aliphatic hydroxyl groups is 1. The minimum Gasteiger partial charge on any atom is -0.472 e. The van der Waals surface area contributed by atoms with Gasteiger partial charge in [-0.2, -0.15) is 0 Å². The summed E-state index contributed by atoms with van der Waals surface area (Å²) in [7, 11) is 0. The van der Waals surface area contributed by atoms with Crippen molar-refractivity contribution in [1.29, 1.82) is 0 Å². The van der Waals surface area contributed by atoms with Crippen molar-refractivity contribution >= 4 is 5.91 Å². The third kappa shape index (κ3) is 4.32. The van der Waals surface area contributed by atoms with Crippen LogP contribution in [-0.4, -0.2) is 47.7 Å². The lowest BCUT2D eigenvalue weighted by Gasteiger charge is -2.33. The van der Waals surface area contributed by atoms with E-state index in [0.717, 1.165) is 32.4 Å². The highest BCUT2D eigenvalue weighted by Gasteiger charge is 2.24. The van der Waals surface area contributed by atoms with Crippen LogP contribution in [0.2, 0.25) is 0 Å². The summed E-state index contributed by atoms with van der Waals surface area (Å²) in [6, 6.07) is 2.09. The minimum atomic E-state index is -0.291. The quantitative estimate of drug-likeness (QED) is 0.841. The first-order chi connectivity index (χ1) is 10.1. The summed E-state index contributed by atoms with van der Waals surface area (Å²) in [5.74, 6) is 0.363. The zero-order valence-electron chi connectivity index (χ0n) is 12.9. The molecule has 1 aliphatic rings. The van der Waals surface area contributed by atoms with Gasteiger partial charge in [-0.25, -0.2) is 0 Å². The summed E-state index contributed by atoms with van der Waals surface area (Å²) < 4.78 is 4.96. The van der Waals surface area contributed by atoms with E-state index in [9.17, 15) is 9.90 Å². The van der Waals surface area contributed by atoms with E-state index < -0.39 is 0 Å². The second-order valence-electron chi connectivity index (χ2n) is 5.94. The molecule has 1 amide bonds. The second kappa shape index (κ2) is 7.61. The Labute approximate surface area is 126 Å². The van der Waals surface area contributed by atoms with E-state index in [0.29, 0.717) is 24.1 Å². The van der Waals surface area contributed by atoms with Crippen molar-refractivity contribution in [1.82, 2.24) is 10.2 Å². The number of likely N-dealkylation sites (tertiary alicyclic amines) is 1. The van der Waals surface area contributed by atoms with Gasteiger partial charge >= 0.3 is 0 Å². The van der Waals surface area contributed by atoms with Crippen molar-refractivity contribution in [3.63, 3.8) is 0 Å². The molecule has 21 heavy (non-hydrogen) atoms. The zero-order chi connectivity index (χ0) is 15.2. The lowest BCUT2D eigenvalue weighted by atomic mass is 10.00. The van der Waals surface area contributed by atoms with Crippen LogP contribution in [0, 0.1) is 5.92 Å². The maximum absolute atomic E-state index is 12.2. The summed E-state index contributed by atoms with van der Waals surface area (Å²) in [6.07, 6.45) is 5.57. The van der Waals surface area contributed by atoms with E-state index in [1.807, 2.05) is 4.90 Å². The fourth-order valence-corrected chi connectivity index (χ4v) is 2.62. The first-order valence-corrected chi connectivity index (χ1v) is 7.84. The molecule has 0 saturated carbocycles. The number of rotatable bonds is 6. The fraction of sp³-hybridized carbons (Fsp3) is 0.688. The summed E-state index contributed by atoms with van der Waals surface area (Å²) in [4.78, 5) is 14.0. The van der Waals surface area contributed by atoms with Crippen molar-refractivity contribution in [3.05, 3.63) is 24.2 Å². The van der Waals surface area contributed by atoms with Crippen molar-refractivity contribution in [2.24, 2.45) is 5.92 Å². The van der Waals surface area contributed by atoms with Crippen molar-refractivity contribution in [2.45, 2.75) is 45.3 Å². The molecule has 5 nitrogen and oxygen atoms in total. The first-order valence-electron chi connectivity index (χ1n) is 7.84. The molecule has 5 heteroatoms. The van der Waals surface area contributed by atoms with Gasteiger partial charge in [-0.1, -0.05) is 20.3 Å². The molecular weight excluding hydrogens is 268 g/mol. The van der Waals surface area contributed by atoms with Crippen LogP contribution >= 0.6 is 0 Å². The van der Waals surface area contributed by atoms with Crippen LogP contribution in [0.4, 0.5) is 0 Å². The topological polar surface area (TPSA) is 65.7 Å². The fourth-order valence-electron chi connectivity index (χ4n) is 2.62. The molecule has 1 aromatic heterocycles. The number of hydrogen-bond acceptors (Lipinski definition) is 4. The van der Waals surface area contributed by atoms with E-state index >= 15 is 0 Å². The highest BCUT2D eigenvalue weighted by Crippen LogP contribution is 2.15. The zero-order valence-corrected chi connectivity index (χ0v) is 12.9. The summed E-state index contributed by atoms with van der Waals surface area (Å²) in [6.45, 7) is 6.30. The van der Waals surface area contributed by atoms with Crippen molar-refractivity contribution in [2.75, 3.05) is 19.6 Å². The normalized spacial score (nSPS) is 19.5. The second-order valence-corrected chi connectivity index (χ2v) is 5.94.